The molecular formula is C7H5FO3. The maximum Gasteiger partial charge on any atom is 0.165 e. The molecule has 0 heterocycles. The van der Waals surface area contributed by atoms with E-state index in [0.29, 0.717) is 6.29 Å². The van der Waals surface area contributed by atoms with Crippen LogP contribution < -0.4 is 0 Å². The van der Waals surface area contributed by atoms with Gasteiger partial charge in [-0.2, -0.15) is 0 Å². The molecule has 0 fully saturated rings. The lowest BCUT2D eigenvalue weighted by Gasteiger charge is -1.98. The molecule has 0 aromatic heterocycles. The molecule has 0 aliphatic rings. The van der Waals surface area contributed by atoms with E-state index >= 15 is 0 Å². The Balaban J connectivity index is 3.31. The maximum absolute atomic E-state index is 12.4. The zero-order chi connectivity index (χ0) is 8.43. The minimum atomic E-state index is -0.926. The Labute approximate surface area is 61.7 Å². The van der Waals surface area contributed by atoms with E-state index in [9.17, 15) is 9.18 Å². The third kappa shape index (κ3) is 1.29. The topological polar surface area (TPSA) is 57.5 Å². The highest BCUT2D eigenvalue weighted by Crippen LogP contribution is 2.24. The van der Waals surface area contributed by atoms with Crippen LogP contribution in [0.2, 0.25) is 0 Å². The van der Waals surface area contributed by atoms with Crippen LogP contribution >= 0.6 is 0 Å². The lowest BCUT2D eigenvalue weighted by atomic mass is 10.2. The van der Waals surface area contributed by atoms with Crippen LogP contribution in [0.4, 0.5) is 4.39 Å². The van der Waals surface area contributed by atoms with Crippen LogP contribution in [0, 0.1) is 5.82 Å². The quantitative estimate of drug-likeness (QED) is 0.597. The van der Waals surface area contributed by atoms with Gasteiger partial charge in [-0.1, -0.05) is 0 Å². The number of rotatable bonds is 1. The predicted octanol–water partition coefficient (Wildman–Crippen LogP) is 1.05. The summed E-state index contributed by atoms with van der Waals surface area (Å²) in [6.45, 7) is 0. The molecule has 4 heteroatoms. The second-order valence-electron chi connectivity index (χ2n) is 1.98. The lowest BCUT2D eigenvalue weighted by molar-refractivity contribution is 0.112. The normalized spacial score (nSPS) is 9.55. The molecule has 2 N–H and O–H groups in total. The first-order chi connectivity index (χ1) is 5.15. The summed E-state index contributed by atoms with van der Waals surface area (Å²) in [6, 6.07) is 1.54. The van der Waals surface area contributed by atoms with Crippen LogP contribution in [0.25, 0.3) is 0 Å². The van der Waals surface area contributed by atoms with Gasteiger partial charge in [0.25, 0.3) is 0 Å². The average Bonchev–Trinajstić information content (AvgIpc) is 1.97. The van der Waals surface area contributed by atoms with Gasteiger partial charge in [-0.25, -0.2) is 4.39 Å². The average molecular weight is 156 g/mol. The highest BCUT2D eigenvalue weighted by molar-refractivity contribution is 5.79. The molecule has 1 aromatic carbocycles. The molecule has 0 bridgehead atoms. The smallest absolute Gasteiger partial charge is 0.165 e. The van der Waals surface area contributed by atoms with Crippen molar-refractivity contribution in [2.45, 2.75) is 0 Å². The second-order valence-corrected chi connectivity index (χ2v) is 1.98. The van der Waals surface area contributed by atoms with Gasteiger partial charge in [-0.15, -0.1) is 0 Å². The van der Waals surface area contributed by atoms with Gasteiger partial charge in [0.05, 0.1) is 5.56 Å². The van der Waals surface area contributed by atoms with Gasteiger partial charge >= 0.3 is 0 Å². The van der Waals surface area contributed by atoms with E-state index in [-0.39, 0.29) is 5.56 Å². The maximum atomic E-state index is 12.4. The van der Waals surface area contributed by atoms with Gasteiger partial charge in [0.15, 0.2) is 17.9 Å². The zero-order valence-electron chi connectivity index (χ0n) is 5.41. The van der Waals surface area contributed by atoms with Crippen molar-refractivity contribution in [1.82, 2.24) is 0 Å². The Kier molecular flexibility index (Phi) is 1.76. The fraction of sp³-hybridized carbons (Fsp3) is 0. The van der Waals surface area contributed by atoms with E-state index in [0.717, 1.165) is 12.1 Å². The molecule has 0 saturated heterocycles. The van der Waals surface area contributed by atoms with E-state index in [2.05, 4.69) is 0 Å². The molecule has 0 atom stereocenters. The third-order valence-corrected chi connectivity index (χ3v) is 1.22. The minimum absolute atomic E-state index is 0.180. The molecule has 0 amide bonds. The Morgan fingerprint density at radius 3 is 2.45 bits per heavy atom. The van der Waals surface area contributed by atoms with Crippen molar-refractivity contribution in [1.29, 1.82) is 0 Å². The van der Waals surface area contributed by atoms with Crippen molar-refractivity contribution in [2.24, 2.45) is 0 Å². The van der Waals surface area contributed by atoms with Crippen molar-refractivity contribution in [3.05, 3.63) is 23.5 Å². The number of carbonyl (C=O) groups excluding carboxylic acids is 1. The summed E-state index contributed by atoms with van der Waals surface area (Å²) in [5.74, 6) is -2.03. The number of halogens is 1. The molecule has 1 aromatic rings. The lowest BCUT2D eigenvalue weighted by Crippen LogP contribution is -1.84. The van der Waals surface area contributed by atoms with Crippen molar-refractivity contribution in [2.75, 3.05) is 0 Å². The molecule has 1 rings (SSSR count). The molecule has 58 valence electrons. The van der Waals surface area contributed by atoms with Crippen LogP contribution in [0.1, 0.15) is 10.4 Å². The number of hydrogen-bond donors (Lipinski definition) is 2. The number of phenolic OH excluding ortho intramolecular Hbond substituents is 2. The zero-order valence-corrected chi connectivity index (χ0v) is 5.41. The summed E-state index contributed by atoms with van der Waals surface area (Å²) >= 11 is 0. The molecule has 0 saturated carbocycles. The second kappa shape index (κ2) is 2.57. The largest absolute Gasteiger partial charge is 0.507 e. The summed E-state index contributed by atoms with van der Waals surface area (Å²) < 4.78 is 12.4. The van der Waals surface area contributed by atoms with E-state index in [1.807, 2.05) is 0 Å². The first-order valence-electron chi connectivity index (χ1n) is 2.82. The minimum Gasteiger partial charge on any atom is -0.507 e. The van der Waals surface area contributed by atoms with E-state index in [1.54, 1.807) is 0 Å². The molecule has 0 aliphatic carbocycles. The summed E-state index contributed by atoms with van der Waals surface area (Å²) in [4.78, 5) is 10.1. The summed E-state index contributed by atoms with van der Waals surface area (Å²) in [5.41, 5.74) is -0.180. The summed E-state index contributed by atoms with van der Waals surface area (Å²) in [5, 5.41) is 17.5. The van der Waals surface area contributed by atoms with E-state index in [4.69, 9.17) is 10.2 Å². The molecule has 0 spiro atoms. The van der Waals surface area contributed by atoms with Gasteiger partial charge in [0.1, 0.15) is 5.75 Å². The number of phenols is 2. The number of benzene rings is 1. The molecule has 0 unspecified atom stereocenters. The van der Waals surface area contributed by atoms with Crippen molar-refractivity contribution < 1.29 is 19.4 Å². The highest BCUT2D eigenvalue weighted by atomic mass is 19.1. The van der Waals surface area contributed by atoms with Gasteiger partial charge < -0.3 is 10.2 Å². The van der Waals surface area contributed by atoms with Crippen LogP contribution in [0.15, 0.2) is 12.1 Å². The van der Waals surface area contributed by atoms with Crippen LogP contribution in [-0.2, 0) is 0 Å². The first kappa shape index (κ1) is 7.53. The van der Waals surface area contributed by atoms with Crippen LogP contribution in [0.3, 0.4) is 0 Å². The number of carbonyl (C=O) groups is 1. The molecule has 0 radical (unpaired) electrons. The molecule has 11 heavy (non-hydrogen) atoms. The number of hydrogen-bond acceptors (Lipinski definition) is 3. The monoisotopic (exact) mass is 156 g/mol. The molecular weight excluding hydrogens is 151 g/mol. The van der Waals surface area contributed by atoms with Gasteiger partial charge in [-0.05, 0) is 6.07 Å². The predicted molar refractivity (Wildman–Crippen MR) is 35.1 cm³/mol. The summed E-state index contributed by atoms with van der Waals surface area (Å²) in [6.07, 6.45) is 0.303. The van der Waals surface area contributed by atoms with Crippen LogP contribution in [0.5, 0.6) is 11.5 Å². The molecule has 3 nitrogen and oxygen atoms in total. The fourth-order valence-corrected chi connectivity index (χ4v) is 0.661. The molecule has 0 aliphatic heterocycles. The fourth-order valence-electron chi connectivity index (χ4n) is 0.661. The first-order valence-corrected chi connectivity index (χ1v) is 2.82. The SMILES string of the molecule is O=Cc1cc(F)c(O)cc1O. The standard InChI is InChI=1S/C7H5FO3/c8-5-1-4(3-9)6(10)2-7(5)11/h1-3,10-11H. The summed E-state index contributed by atoms with van der Waals surface area (Å²) in [7, 11) is 0. The van der Waals surface area contributed by atoms with Gasteiger partial charge in [-0.3, -0.25) is 4.79 Å². The van der Waals surface area contributed by atoms with E-state index < -0.39 is 17.3 Å². The van der Waals surface area contributed by atoms with Gasteiger partial charge in [0.2, 0.25) is 0 Å². The van der Waals surface area contributed by atoms with Crippen molar-refractivity contribution >= 4 is 6.29 Å². The van der Waals surface area contributed by atoms with E-state index in [1.165, 1.54) is 0 Å². The number of aldehydes is 1. The highest BCUT2D eigenvalue weighted by Gasteiger charge is 2.06. The van der Waals surface area contributed by atoms with Gasteiger partial charge in [0, 0.05) is 6.07 Å². The Bertz CT molecular complexity index is 296. The Morgan fingerprint density at radius 2 is 1.91 bits per heavy atom. The Hall–Kier alpha value is -1.58. The number of aromatic hydroxyl groups is 2. The van der Waals surface area contributed by atoms with Crippen molar-refractivity contribution in [3.8, 4) is 11.5 Å². The van der Waals surface area contributed by atoms with Crippen LogP contribution in [-0.4, -0.2) is 16.5 Å². The van der Waals surface area contributed by atoms with Crippen molar-refractivity contribution in [3.63, 3.8) is 0 Å². The Morgan fingerprint density at radius 1 is 1.27 bits per heavy atom. The third-order valence-electron chi connectivity index (χ3n) is 1.22.